The monoisotopic (exact) mass is 791 g/mol. The summed E-state index contributed by atoms with van der Waals surface area (Å²) in [5.74, 6) is 0. The summed E-state index contributed by atoms with van der Waals surface area (Å²) in [5.41, 5.74) is 14.4. The fraction of sp³-hybridized carbons (Fsp3) is 0. The number of anilines is 6. The van der Waals surface area contributed by atoms with Crippen molar-refractivity contribution in [2.24, 2.45) is 0 Å². The highest BCUT2D eigenvalue weighted by molar-refractivity contribution is 6.29. The number of para-hydroxylation sites is 4. The molecule has 0 unspecified atom stereocenters. The lowest BCUT2D eigenvalue weighted by Gasteiger charge is -2.26. The maximum atomic E-state index is 6.76. The number of benzene rings is 10. The Hall–Kier alpha value is -8.34. The van der Waals surface area contributed by atoms with Gasteiger partial charge in [0.25, 0.3) is 0 Å². The van der Waals surface area contributed by atoms with Crippen LogP contribution in [0.3, 0.4) is 0 Å². The van der Waals surface area contributed by atoms with Gasteiger partial charge in [0.05, 0.1) is 22.2 Å². The van der Waals surface area contributed by atoms with E-state index in [4.69, 9.17) is 4.42 Å². The van der Waals surface area contributed by atoms with Gasteiger partial charge in [0.2, 0.25) is 0 Å². The number of hydrogen-bond acceptors (Lipinski definition) is 3. The fourth-order valence-corrected chi connectivity index (χ4v) is 9.86. The molecule has 0 spiro atoms. The number of nitrogens with zero attached hydrogens (tertiary/aromatic N) is 3. The molecule has 0 radical (unpaired) electrons. The van der Waals surface area contributed by atoms with Gasteiger partial charge in [0, 0.05) is 66.8 Å². The highest BCUT2D eigenvalue weighted by Crippen LogP contribution is 2.49. The van der Waals surface area contributed by atoms with Crippen LogP contribution in [0.15, 0.2) is 229 Å². The molecule has 0 bridgehead atoms. The van der Waals surface area contributed by atoms with Crippen molar-refractivity contribution in [2.45, 2.75) is 0 Å². The van der Waals surface area contributed by atoms with Gasteiger partial charge in [-0.05, 0) is 125 Å². The molecule has 4 nitrogen and oxygen atoms in total. The van der Waals surface area contributed by atoms with Crippen LogP contribution in [-0.2, 0) is 0 Å². The predicted molar refractivity (Wildman–Crippen MR) is 261 cm³/mol. The van der Waals surface area contributed by atoms with E-state index in [2.05, 4.69) is 239 Å². The Morgan fingerprint density at radius 3 is 1.52 bits per heavy atom. The summed E-state index contributed by atoms with van der Waals surface area (Å²) in [6.45, 7) is 0. The topological polar surface area (TPSA) is 24.0 Å². The highest BCUT2D eigenvalue weighted by atomic mass is 16.3. The zero-order valence-electron chi connectivity index (χ0n) is 33.6. The average molecular weight is 792 g/mol. The second kappa shape index (κ2) is 13.6. The zero-order valence-corrected chi connectivity index (χ0v) is 33.6. The smallest absolute Gasteiger partial charge is 0.137 e. The molecule has 0 saturated heterocycles. The first kappa shape index (κ1) is 34.5. The molecule has 0 aliphatic rings. The van der Waals surface area contributed by atoms with Gasteiger partial charge in [0.1, 0.15) is 11.2 Å². The molecule has 3 aromatic heterocycles. The van der Waals surface area contributed by atoms with Crippen LogP contribution >= 0.6 is 0 Å². The molecule has 13 rings (SSSR count). The Morgan fingerprint density at radius 2 is 0.871 bits per heavy atom. The molecule has 0 saturated carbocycles. The van der Waals surface area contributed by atoms with E-state index in [1.54, 1.807) is 0 Å². The number of aromatic nitrogens is 1. The van der Waals surface area contributed by atoms with Crippen LogP contribution in [0.5, 0.6) is 0 Å². The Labute approximate surface area is 357 Å². The first-order valence-corrected chi connectivity index (χ1v) is 21.2. The van der Waals surface area contributed by atoms with Crippen molar-refractivity contribution in [2.75, 3.05) is 9.80 Å². The van der Waals surface area contributed by atoms with Crippen molar-refractivity contribution in [3.8, 4) is 11.1 Å². The van der Waals surface area contributed by atoms with Crippen molar-refractivity contribution in [1.29, 1.82) is 0 Å². The standard InChI is InChI=1S/C58H37N3O/c1-6-16-38(17-7-1)39-26-30-52-51(32-39)57-53(60(44-22-12-4-13-23-44)45-24-14-5-15-25-45)31-29-48-49-33-40-34-50-47-28-27-46(59(42-18-8-2-9-19-42)43-20-10-3-11-21-43)37-56(47)62-55(50)36-41(40)35-54(49)61(52)58(48)57/h1-37H. The lowest BCUT2D eigenvalue weighted by molar-refractivity contribution is 0.669. The van der Waals surface area contributed by atoms with Gasteiger partial charge in [-0.25, -0.2) is 0 Å². The predicted octanol–water partition coefficient (Wildman–Crippen LogP) is 16.5. The number of furan rings is 1. The molecule has 62 heavy (non-hydrogen) atoms. The van der Waals surface area contributed by atoms with Crippen LogP contribution in [0.25, 0.3) is 81.9 Å². The third kappa shape index (κ3) is 5.27. The van der Waals surface area contributed by atoms with E-state index in [-0.39, 0.29) is 0 Å². The van der Waals surface area contributed by atoms with Gasteiger partial charge in [-0.15, -0.1) is 0 Å². The molecular weight excluding hydrogens is 755 g/mol. The third-order valence-electron chi connectivity index (χ3n) is 12.6. The minimum Gasteiger partial charge on any atom is -0.456 e. The van der Waals surface area contributed by atoms with Gasteiger partial charge in [-0.2, -0.15) is 0 Å². The van der Waals surface area contributed by atoms with Crippen LogP contribution in [0.2, 0.25) is 0 Å². The van der Waals surface area contributed by atoms with Crippen LogP contribution in [0.1, 0.15) is 0 Å². The summed E-state index contributed by atoms with van der Waals surface area (Å²) in [6.07, 6.45) is 0. The number of rotatable bonds is 7. The van der Waals surface area contributed by atoms with E-state index in [0.717, 1.165) is 61.4 Å². The van der Waals surface area contributed by atoms with E-state index >= 15 is 0 Å². The van der Waals surface area contributed by atoms with Gasteiger partial charge in [-0.3, -0.25) is 0 Å². The molecule has 0 aliphatic heterocycles. The van der Waals surface area contributed by atoms with E-state index in [0.29, 0.717) is 0 Å². The summed E-state index contributed by atoms with van der Waals surface area (Å²) in [6, 6.07) is 80.7. The van der Waals surface area contributed by atoms with Gasteiger partial charge >= 0.3 is 0 Å². The SMILES string of the molecule is c1ccc(-c2ccc3c(c2)c2c(N(c4ccccc4)c4ccccc4)ccc4c5cc6cc7c(cc6cc5n3c42)oc2cc(N(c3ccccc3)c3ccccc3)ccc27)cc1. The molecule has 0 aliphatic carbocycles. The summed E-state index contributed by atoms with van der Waals surface area (Å²) in [5, 5.41) is 9.48. The quantitative estimate of drug-likeness (QED) is 0.161. The Balaban J connectivity index is 1.04. The van der Waals surface area contributed by atoms with Gasteiger partial charge < -0.3 is 18.6 Å². The summed E-state index contributed by atoms with van der Waals surface area (Å²) in [4.78, 5) is 4.68. The lowest BCUT2D eigenvalue weighted by atomic mass is 9.99. The average Bonchev–Trinajstić information content (AvgIpc) is 3.98. The molecule has 0 fully saturated rings. The molecule has 0 N–H and O–H groups in total. The number of fused-ring (bicyclic) bond motifs is 10. The van der Waals surface area contributed by atoms with Crippen LogP contribution in [-0.4, -0.2) is 4.40 Å². The van der Waals surface area contributed by atoms with Crippen molar-refractivity contribution in [3.05, 3.63) is 224 Å². The van der Waals surface area contributed by atoms with Crippen LogP contribution < -0.4 is 9.80 Å². The normalized spacial score (nSPS) is 11.9. The summed E-state index contributed by atoms with van der Waals surface area (Å²) >= 11 is 0. The molecule has 13 aromatic rings. The maximum absolute atomic E-state index is 6.76. The second-order valence-electron chi connectivity index (χ2n) is 16.1. The molecule has 0 amide bonds. The van der Waals surface area contributed by atoms with Crippen LogP contribution in [0.4, 0.5) is 34.1 Å². The minimum atomic E-state index is 0.865. The molecular formula is C58H37N3O. The Kier molecular flexibility index (Phi) is 7.57. The number of hydrogen-bond donors (Lipinski definition) is 0. The first-order chi connectivity index (χ1) is 30.7. The Bertz CT molecular complexity index is 3710. The van der Waals surface area contributed by atoms with E-state index in [1.165, 1.54) is 54.6 Å². The lowest BCUT2D eigenvalue weighted by Crippen LogP contribution is -2.10. The fourth-order valence-electron chi connectivity index (χ4n) is 9.86. The first-order valence-electron chi connectivity index (χ1n) is 21.2. The largest absolute Gasteiger partial charge is 0.456 e. The molecule has 290 valence electrons. The van der Waals surface area contributed by atoms with Gasteiger partial charge in [-0.1, -0.05) is 115 Å². The second-order valence-corrected chi connectivity index (χ2v) is 16.1. The van der Waals surface area contributed by atoms with E-state index < -0.39 is 0 Å². The van der Waals surface area contributed by atoms with Crippen molar-refractivity contribution >= 4 is 105 Å². The highest BCUT2D eigenvalue weighted by Gasteiger charge is 2.25. The van der Waals surface area contributed by atoms with E-state index in [1.807, 2.05) is 0 Å². The summed E-state index contributed by atoms with van der Waals surface area (Å²) < 4.78 is 9.26. The molecule has 3 heterocycles. The molecule has 0 atom stereocenters. The van der Waals surface area contributed by atoms with Crippen molar-refractivity contribution in [1.82, 2.24) is 4.40 Å². The van der Waals surface area contributed by atoms with Crippen molar-refractivity contribution < 1.29 is 4.42 Å². The van der Waals surface area contributed by atoms with Crippen molar-refractivity contribution in [3.63, 3.8) is 0 Å². The van der Waals surface area contributed by atoms with E-state index in [9.17, 15) is 0 Å². The Morgan fingerprint density at radius 1 is 0.323 bits per heavy atom. The van der Waals surface area contributed by atoms with Gasteiger partial charge in [0.15, 0.2) is 0 Å². The molecule has 4 heteroatoms. The maximum Gasteiger partial charge on any atom is 0.137 e. The zero-order chi connectivity index (χ0) is 40.7. The summed E-state index contributed by atoms with van der Waals surface area (Å²) in [7, 11) is 0. The minimum absolute atomic E-state index is 0.865. The van der Waals surface area contributed by atoms with Crippen LogP contribution in [0, 0.1) is 0 Å². The molecule has 10 aromatic carbocycles. The third-order valence-corrected chi connectivity index (χ3v) is 12.6.